The van der Waals surface area contributed by atoms with Crippen molar-refractivity contribution in [3.63, 3.8) is 0 Å². The molecule has 52 valence electrons. The van der Waals surface area contributed by atoms with Gasteiger partial charge in [-0.25, -0.2) is 0 Å². The minimum atomic E-state index is 0.457. The van der Waals surface area contributed by atoms with Crippen molar-refractivity contribution in [2.45, 2.75) is 18.9 Å². The summed E-state index contributed by atoms with van der Waals surface area (Å²) in [7, 11) is 0. The lowest BCUT2D eigenvalue weighted by molar-refractivity contribution is 0.523. The Morgan fingerprint density at radius 3 is 3.00 bits per heavy atom. The molecule has 10 heavy (non-hydrogen) atoms. The number of nitrogens with zero attached hydrogens (tertiary/aromatic N) is 1. The normalized spacial score (nSPS) is 36.0. The fraction of sp³-hybridized carbons (Fsp3) is 0.444. The van der Waals surface area contributed by atoms with Gasteiger partial charge in [-0.05, 0) is 19.1 Å². The van der Waals surface area contributed by atoms with Crippen LogP contribution in [-0.4, -0.2) is 12.3 Å². The number of allylic oxidation sites excluding steroid dienone is 2. The van der Waals surface area contributed by atoms with Gasteiger partial charge in [-0.15, -0.1) is 0 Å². The Bertz CT molecular complexity index is 201. The minimum Gasteiger partial charge on any atom is -0.289 e. The summed E-state index contributed by atoms with van der Waals surface area (Å²) in [6.45, 7) is 0. The van der Waals surface area contributed by atoms with E-state index in [9.17, 15) is 0 Å². The molecule has 1 aliphatic heterocycles. The van der Waals surface area contributed by atoms with Crippen LogP contribution in [0.15, 0.2) is 29.3 Å². The van der Waals surface area contributed by atoms with Crippen molar-refractivity contribution >= 4 is 6.21 Å². The molecule has 1 unspecified atom stereocenters. The second-order valence-electron chi connectivity index (χ2n) is 2.83. The quantitative estimate of drug-likeness (QED) is 0.479. The number of aliphatic imine (C=N–C) groups is 1. The van der Waals surface area contributed by atoms with Crippen LogP contribution in [0.4, 0.5) is 0 Å². The van der Waals surface area contributed by atoms with Crippen LogP contribution >= 0.6 is 0 Å². The van der Waals surface area contributed by atoms with Crippen LogP contribution in [0.25, 0.3) is 0 Å². The van der Waals surface area contributed by atoms with Gasteiger partial charge in [0.15, 0.2) is 0 Å². The van der Waals surface area contributed by atoms with E-state index >= 15 is 0 Å². The van der Waals surface area contributed by atoms with Crippen molar-refractivity contribution in [3.05, 3.63) is 24.3 Å². The average Bonchev–Trinajstić information content (AvgIpc) is 2.05. The molecule has 1 heterocycles. The molecule has 0 spiro atoms. The molecule has 0 saturated heterocycles. The summed E-state index contributed by atoms with van der Waals surface area (Å²) in [5.41, 5.74) is 0. The summed E-state index contributed by atoms with van der Waals surface area (Å²) < 4.78 is 0. The number of rotatable bonds is 0. The smallest absolute Gasteiger partial charge is 0.0741 e. The van der Waals surface area contributed by atoms with Gasteiger partial charge in [0.2, 0.25) is 0 Å². The lowest BCUT2D eigenvalue weighted by Crippen LogP contribution is -2.19. The summed E-state index contributed by atoms with van der Waals surface area (Å²) in [4.78, 5) is 4.39. The fourth-order valence-electron chi connectivity index (χ4n) is 1.53. The Hall–Kier alpha value is -0.850. The van der Waals surface area contributed by atoms with Gasteiger partial charge in [0, 0.05) is 5.92 Å². The Labute approximate surface area is 61.2 Å². The van der Waals surface area contributed by atoms with E-state index in [1.54, 1.807) is 0 Å². The van der Waals surface area contributed by atoms with Crippen LogP contribution in [0, 0.1) is 5.92 Å². The highest BCUT2D eigenvalue weighted by Crippen LogP contribution is 2.23. The van der Waals surface area contributed by atoms with E-state index in [0.29, 0.717) is 12.0 Å². The number of hydrogen-bond donors (Lipinski definition) is 0. The number of fused-ring (bicyclic) bond motifs is 1. The lowest BCUT2D eigenvalue weighted by Gasteiger charge is -2.23. The van der Waals surface area contributed by atoms with Crippen molar-refractivity contribution in [1.82, 2.24) is 0 Å². The van der Waals surface area contributed by atoms with E-state index in [1.807, 2.05) is 6.21 Å². The van der Waals surface area contributed by atoms with Gasteiger partial charge in [0.1, 0.15) is 0 Å². The van der Waals surface area contributed by atoms with E-state index in [4.69, 9.17) is 0 Å². The molecule has 0 bridgehead atoms. The summed E-state index contributed by atoms with van der Waals surface area (Å²) in [6.07, 6.45) is 13.1. The molecule has 0 amide bonds. The lowest BCUT2D eigenvalue weighted by atomic mass is 9.89. The molecule has 1 heteroatoms. The van der Waals surface area contributed by atoms with Crippen molar-refractivity contribution in [3.8, 4) is 0 Å². The topological polar surface area (TPSA) is 12.4 Å². The highest BCUT2D eigenvalue weighted by molar-refractivity contribution is 5.59. The number of hydrogen-bond acceptors (Lipinski definition) is 1. The van der Waals surface area contributed by atoms with Crippen LogP contribution < -0.4 is 0 Å². The van der Waals surface area contributed by atoms with Crippen molar-refractivity contribution in [1.29, 1.82) is 0 Å². The first-order chi connectivity index (χ1) is 4.97. The fourth-order valence-corrected chi connectivity index (χ4v) is 1.53. The molecule has 0 aromatic rings. The summed E-state index contributed by atoms with van der Waals surface area (Å²) in [5.74, 6) is 0.690. The molecule has 0 aromatic heterocycles. The maximum Gasteiger partial charge on any atom is 0.0741 e. The zero-order valence-corrected chi connectivity index (χ0v) is 5.90. The third kappa shape index (κ3) is 0.919. The predicted molar refractivity (Wildman–Crippen MR) is 43.3 cm³/mol. The molecule has 2 atom stereocenters. The largest absolute Gasteiger partial charge is 0.289 e. The Morgan fingerprint density at radius 1 is 1.20 bits per heavy atom. The van der Waals surface area contributed by atoms with E-state index in [-0.39, 0.29) is 0 Å². The van der Waals surface area contributed by atoms with Crippen molar-refractivity contribution < 1.29 is 0 Å². The van der Waals surface area contributed by atoms with Crippen molar-refractivity contribution in [2.24, 2.45) is 10.9 Å². The third-order valence-corrected chi connectivity index (χ3v) is 2.12. The highest BCUT2D eigenvalue weighted by atomic mass is 14.8. The Balaban J connectivity index is 2.21. The molecule has 1 nitrogen and oxygen atoms in total. The molecule has 0 saturated carbocycles. The predicted octanol–water partition coefficient (Wildman–Crippen LogP) is 1.96. The van der Waals surface area contributed by atoms with Crippen LogP contribution in [0.2, 0.25) is 0 Å². The second-order valence-corrected chi connectivity index (χ2v) is 2.83. The first kappa shape index (κ1) is 5.90. The zero-order valence-electron chi connectivity index (χ0n) is 5.90. The van der Waals surface area contributed by atoms with Crippen LogP contribution in [-0.2, 0) is 0 Å². The third-order valence-electron chi connectivity index (χ3n) is 2.12. The first-order valence-electron chi connectivity index (χ1n) is 3.83. The van der Waals surface area contributed by atoms with Gasteiger partial charge >= 0.3 is 0 Å². The summed E-state index contributed by atoms with van der Waals surface area (Å²) in [6, 6.07) is 0.457. The summed E-state index contributed by atoms with van der Waals surface area (Å²) >= 11 is 0. The van der Waals surface area contributed by atoms with Gasteiger partial charge < -0.3 is 0 Å². The SMILES string of the molecule is C1=CC2CCC=N[C@H]2C=C1. The molecule has 1 aliphatic carbocycles. The molecular weight excluding hydrogens is 122 g/mol. The van der Waals surface area contributed by atoms with Gasteiger partial charge in [-0.3, -0.25) is 4.99 Å². The van der Waals surface area contributed by atoms with E-state index in [1.165, 1.54) is 6.42 Å². The van der Waals surface area contributed by atoms with Gasteiger partial charge in [0.25, 0.3) is 0 Å². The minimum absolute atomic E-state index is 0.457. The van der Waals surface area contributed by atoms with Gasteiger partial charge in [-0.2, -0.15) is 0 Å². The molecular formula is C9H11N. The van der Waals surface area contributed by atoms with Crippen LogP contribution in [0.3, 0.4) is 0 Å². The second kappa shape index (κ2) is 2.41. The maximum absolute atomic E-state index is 4.39. The Kier molecular flexibility index (Phi) is 1.42. The molecule has 0 fully saturated rings. The molecule has 2 aliphatic rings. The zero-order chi connectivity index (χ0) is 6.81. The molecule has 0 radical (unpaired) electrons. The molecule has 2 rings (SSSR count). The standard InChI is InChI=1S/C9H11N/c1-2-6-9-8(4-1)5-3-7-10-9/h1-2,4,6-9H,3,5H2/t8?,9-/m0/s1. The highest BCUT2D eigenvalue weighted by Gasteiger charge is 2.18. The van der Waals surface area contributed by atoms with Crippen LogP contribution in [0.5, 0.6) is 0 Å². The molecule has 0 aromatic carbocycles. The van der Waals surface area contributed by atoms with E-state index < -0.39 is 0 Å². The monoisotopic (exact) mass is 133 g/mol. The Morgan fingerprint density at radius 2 is 2.10 bits per heavy atom. The average molecular weight is 133 g/mol. The van der Waals surface area contributed by atoms with Crippen LogP contribution in [0.1, 0.15) is 12.8 Å². The summed E-state index contributed by atoms with van der Waals surface area (Å²) in [5, 5.41) is 0. The van der Waals surface area contributed by atoms with E-state index in [2.05, 4.69) is 29.3 Å². The van der Waals surface area contributed by atoms with Gasteiger partial charge in [-0.1, -0.05) is 24.3 Å². The van der Waals surface area contributed by atoms with E-state index in [0.717, 1.165) is 6.42 Å². The molecule has 0 N–H and O–H groups in total. The maximum atomic E-state index is 4.39. The first-order valence-corrected chi connectivity index (χ1v) is 3.83. The van der Waals surface area contributed by atoms with Gasteiger partial charge in [0.05, 0.1) is 6.04 Å². The van der Waals surface area contributed by atoms with Crippen molar-refractivity contribution in [2.75, 3.05) is 0 Å².